The van der Waals surface area contributed by atoms with Gasteiger partial charge in [0, 0.05) is 11.1 Å². The summed E-state index contributed by atoms with van der Waals surface area (Å²) in [6.07, 6.45) is 0. The number of carbonyl (C=O) groups is 1. The molecule has 2 aromatic carbocycles. The minimum absolute atomic E-state index is 0.0359. The topological polar surface area (TPSA) is 77.2 Å². The van der Waals surface area contributed by atoms with Gasteiger partial charge in [-0.1, -0.05) is 42.5 Å². The van der Waals surface area contributed by atoms with E-state index in [0.29, 0.717) is 16.7 Å². The first-order valence-corrected chi connectivity index (χ1v) is 7.17. The highest BCUT2D eigenvalue weighted by Crippen LogP contribution is 2.26. The van der Waals surface area contributed by atoms with E-state index in [4.69, 9.17) is 5.14 Å². The highest BCUT2D eigenvalue weighted by Gasteiger charge is 2.14. The van der Waals surface area contributed by atoms with Crippen LogP contribution < -0.4 is 5.14 Å². The first-order chi connectivity index (χ1) is 8.89. The van der Waals surface area contributed by atoms with Crippen LogP contribution in [0.4, 0.5) is 0 Å². The first kappa shape index (κ1) is 13.5. The molecule has 19 heavy (non-hydrogen) atoms. The molecule has 2 rings (SSSR count). The van der Waals surface area contributed by atoms with Gasteiger partial charge in [0.1, 0.15) is 0 Å². The summed E-state index contributed by atoms with van der Waals surface area (Å²) < 4.78 is 23.1. The van der Waals surface area contributed by atoms with E-state index in [2.05, 4.69) is 0 Å². The Morgan fingerprint density at radius 1 is 1.00 bits per heavy atom. The number of ketones is 1. The van der Waals surface area contributed by atoms with Gasteiger partial charge in [-0.05, 0) is 18.6 Å². The third-order valence-corrected chi connectivity index (χ3v) is 3.77. The maximum atomic E-state index is 11.5. The molecule has 0 spiro atoms. The van der Waals surface area contributed by atoms with Gasteiger partial charge in [-0.3, -0.25) is 4.79 Å². The van der Waals surface area contributed by atoms with Crippen molar-refractivity contribution in [2.24, 2.45) is 5.14 Å². The number of primary sulfonamides is 1. The summed E-state index contributed by atoms with van der Waals surface area (Å²) in [4.78, 5) is 11.3. The van der Waals surface area contributed by atoms with E-state index in [1.165, 1.54) is 13.0 Å². The molecular formula is C14H13NO3S. The fourth-order valence-electron chi connectivity index (χ4n) is 1.84. The van der Waals surface area contributed by atoms with Gasteiger partial charge in [0.2, 0.25) is 10.0 Å². The van der Waals surface area contributed by atoms with Crippen molar-refractivity contribution in [3.05, 3.63) is 54.1 Å². The first-order valence-electron chi connectivity index (χ1n) is 5.63. The highest BCUT2D eigenvalue weighted by molar-refractivity contribution is 7.89. The van der Waals surface area contributed by atoms with Crippen LogP contribution in [-0.4, -0.2) is 14.2 Å². The van der Waals surface area contributed by atoms with E-state index in [0.717, 1.165) is 0 Å². The van der Waals surface area contributed by atoms with Crippen molar-refractivity contribution in [3.8, 4) is 11.1 Å². The van der Waals surface area contributed by atoms with Gasteiger partial charge in [-0.25, -0.2) is 13.6 Å². The van der Waals surface area contributed by atoms with Crippen LogP contribution in [-0.2, 0) is 10.0 Å². The number of sulfonamides is 1. The highest BCUT2D eigenvalue weighted by atomic mass is 32.2. The lowest BCUT2D eigenvalue weighted by Gasteiger charge is -2.08. The van der Waals surface area contributed by atoms with E-state index in [1.54, 1.807) is 42.5 Å². The summed E-state index contributed by atoms with van der Waals surface area (Å²) >= 11 is 0. The van der Waals surface area contributed by atoms with Crippen LogP contribution in [0.15, 0.2) is 53.4 Å². The second-order valence-corrected chi connectivity index (χ2v) is 5.70. The zero-order valence-corrected chi connectivity index (χ0v) is 11.1. The van der Waals surface area contributed by atoms with Crippen LogP contribution >= 0.6 is 0 Å². The quantitative estimate of drug-likeness (QED) is 0.872. The van der Waals surface area contributed by atoms with Crippen molar-refractivity contribution >= 4 is 15.8 Å². The largest absolute Gasteiger partial charge is 0.295 e. The minimum atomic E-state index is -3.78. The molecule has 0 aromatic heterocycles. The molecule has 5 heteroatoms. The molecule has 0 aliphatic rings. The maximum absolute atomic E-state index is 11.5. The Morgan fingerprint density at radius 2 is 1.58 bits per heavy atom. The summed E-state index contributed by atoms with van der Waals surface area (Å²) in [6, 6.07) is 13.2. The number of rotatable bonds is 3. The molecular weight excluding hydrogens is 262 g/mol. The smallest absolute Gasteiger partial charge is 0.238 e. The van der Waals surface area contributed by atoms with Crippen molar-refractivity contribution in [2.45, 2.75) is 11.8 Å². The second-order valence-electron chi connectivity index (χ2n) is 4.17. The molecule has 0 fully saturated rings. The molecule has 2 N–H and O–H groups in total. The van der Waals surface area contributed by atoms with E-state index in [1.807, 2.05) is 0 Å². The van der Waals surface area contributed by atoms with Crippen molar-refractivity contribution in [1.82, 2.24) is 0 Å². The molecule has 0 radical (unpaired) electrons. The predicted molar refractivity (Wildman–Crippen MR) is 73.3 cm³/mol. The van der Waals surface area contributed by atoms with Crippen LogP contribution in [0.3, 0.4) is 0 Å². The number of Topliss-reactive ketones (excluding diaryl/α,β-unsaturated/α-hetero) is 1. The van der Waals surface area contributed by atoms with Crippen molar-refractivity contribution < 1.29 is 13.2 Å². The fourth-order valence-corrected chi connectivity index (χ4v) is 2.60. The molecule has 2 aromatic rings. The Hall–Kier alpha value is -1.98. The van der Waals surface area contributed by atoms with E-state index in [9.17, 15) is 13.2 Å². The molecule has 0 atom stereocenters. The molecule has 0 aliphatic heterocycles. The van der Waals surface area contributed by atoms with Crippen LogP contribution in [0, 0.1) is 0 Å². The van der Waals surface area contributed by atoms with Crippen molar-refractivity contribution in [2.75, 3.05) is 0 Å². The monoisotopic (exact) mass is 275 g/mol. The average molecular weight is 275 g/mol. The molecule has 0 bridgehead atoms. The zero-order valence-electron chi connectivity index (χ0n) is 10.3. The third-order valence-electron chi connectivity index (χ3n) is 2.80. The van der Waals surface area contributed by atoms with Crippen molar-refractivity contribution in [1.29, 1.82) is 0 Å². The average Bonchev–Trinajstić information content (AvgIpc) is 2.38. The molecule has 0 saturated carbocycles. The number of nitrogens with two attached hydrogens (primary N) is 1. The summed E-state index contributed by atoms with van der Waals surface area (Å²) in [5.74, 6) is -0.0359. The lowest BCUT2D eigenvalue weighted by Crippen LogP contribution is -2.13. The van der Waals surface area contributed by atoms with Gasteiger partial charge in [-0.2, -0.15) is 0 Å². The Labute approximate surface area is 111 Å². The molecule has 0 heterocycles. The van der Waals surface area contributed by atoms with Gasteiger partial charge in [0.05, 0.1) is 4.90 Å². The molecule has 0 unspecified atom stereocenters. The van der Waals surface area contributed by atoms with Crippen LogP contribution in [0.1, 0.15) is 17.3 Å². The van der Waals surface area contributed by atoms with Crippen LogP contribution in [0.2, 0.25) is 0 Å². The molecule has 0 aliphatic carbocycles. The summed E-state index contributed by atoms with van der Waals surface area (Å²) in [6.45, 7) is 1.48. The van der Waals surface area contributed by atoms with Gasteiger partial charge < -0.3 is 0 Å². The van der Waals surface area contributed by atoms with Gasteiger partial charge in [0.25, 0.3) is 0 Å². The minimum Gasteiger partial charge on any atom is -0.295 e. The normalized spacial score (nSPS) is 11.3. The summed E-state index contributed by atoms with van der Waals surface area (Å²) in [7, 11) is -3.78. The number of benzene rings is 2. The van der Waals surface area contributed by atoms with Gasteiger partial charge in [-0.15, -0.1) is 0 Å². The summed E-state index contributed by atoms with van der Waals surface area (Å²) in [5.41, 5.74) is 1.81. The van der Waals surface area contributed by atoms with E-state index in [-0.39, 0.29) is 10.7 Å². The molecule has 98 valence electrons. The lowest BCUT2D eigenvalue weighted by atomic mass is 10.0. The van der Waals surface area contributed by atoms with Crippen LogP contribution in [0.25, 0.3) is 11.1 Å². The fraction of sp³-hybridized carbons (Fsp3) is 0.0714. The molecule has 0 amide bonds. The predicted octanol–water partition coefficient (Wildman–Crippen LogP) is 2.20. The van der Waals surface area contributed by atoms with E-state index >= 15 is 0 Å². The Morgan fingerprint density at radius 3 is 2.11 bits per heavy atom. The summed E-state index contributed by atoms with van der Waals surface area (Å²) in [5, 5.41) is 5.19. The van der Waals surface area contributed by atoms with Gasteiger partial charge >= 0.3 is 0 Å². The lowest BCUT2D eigenvalue weighted by molar-refractivity contribution is 0.101. The standard InChI is InChI=1S/C14H13NO3S/c1-10(16)11-6-8-12(9-7-11)13-4-2-3-5-14(13)19(15,17)18/h2-9H,1H3,(H2,15,17,18). The third kappa shape index (κ3) is 2.89. The number of hydrogen-bond acceptors (Lipinski definition) is 3. The second kappa shape index (κ2) is 4.95. The SMILES string of the molecule is CC(=O)c1ccc(-c2ccccc2S(N)(=O)=O)cc1. The van der Waals surface area contributed by atoms with Crippen LogP contribution in [0.5, 0.6) is 0 Å². The van der Waals surface area contributed by atoms with Crippen molar-refractivity contribution in [3.63, 3.8) is 0 Å². The number of carbonyl (C=O) groups excluding carboxylic acids is 1. The molecule has 4 nitrogen and oxygen atoms in total. The Bertz CT molecular complexity index is 719. The van der Waals surface area contributed by atoms with Gasteiger partial charge in [0.15, 0.2) is 5.78 Å². The number of hydrogen-bond donors (Lipinski definition) is 1. The Balaban J connectivity index is 2.57. The molecule has 0 saturated heterocycles. The maximum Gasteiger partial charge on any atom is 0.238 e. The Kier molecular flexibility index (Phi) is 3.50. The zero-order chi connectivity index (χ0) is 14.0. The van der Waals surface area contributed by atoms with E-state index < -0.39 is 10.0 Å².